The molecule has 8 nitrogen and oxygen atoms in total. The number of amides is 3. The number of hydrogen-bond acceptors (Lipinski definition) is 6. The van der Waals surface area contributed by atoms with E-state index in [2.05, 4.69) is 10.3 Å². The third-order valence-corrected chi connectivity index (χ3v) is 3.98. The molecule has 1 rings (SSSR count). The molecule has 0 bridgehead atoms. The zero-order valence-electron chi connectivity index (χ0n) is 12.8. The van der Waals surface area contributed by atoms with Crippen LogP contribution in [0.5, 0.6) is 0 Å². The lowest BCUT2D eigenvalue weighted by Crippen LogP contribution is -2.44. The maximum atomic E-state index is 11.9. The number of pyridine rings is 1. The molecule has 0 spiro atoms. The van der Waals surface area contributed by atoms with Crippen LogP contribution in [0, 0.1) is 0 Å². The summed E-state index contributed by atoms with van der Waals surface area (Å²) in [5, 5.41) is 3.94. The fourth-order valence-corrected chi connectivity index (χ4v) is 1.98. The highest BCUT2D eigenvalue weighted by Gasteiger charge is 2.22. The highest BCUT2D eigenvalue weighted by molar-refractivity contribution is 6.46. The number of nitrogens with two attached hydrogens (primary N) is 1. The monoisotopic (exact) mass is 396 g/mol. The van der Waals surface area contributed by atoms with Crippen LogP contribution in [0.25, 0.3) is 0 Å². The maximum Gasteiger partial charge on any atom is 0.359 e. The summed E-state index contributed by atoms with van der Waals surface area (Å²) in [6.07, 6.45) is 0.694. The van der Waals surface area contributed by atoms with Crippen molar-refractivity contribution in [1.29, 1.82) is 0 Å². The van der Waals surface area contributed by atoms with E-state index in [-0.39, 0.29) is 32.6 Å². The minimum Gasteiger partial charge on any atom is -0.451 e. The molecule has 1 aromatic heterocycles. The van der Waals surface area contributed by atoms with E-state index in [1.165, 1.54) is 0 Å². The van der Waals surface area contributed by atoms with Gasteiger partial charge in [-0.05, 0) is 13.3 Å². The smallest absolute Gasteiger partial charge is 0.359 e. The predicted molar refractivity (Wildman–Crippen MR) is 90.4 cm³/mol. The van der Waals surface area contributed by atoms with Gasteiger partial charge in [0.15, 0.2) is 17.5 Å². The number of imide groups is 1. The minimum absolute atomic E-state index is 0.0994. The highest BCUT2D eigenvalue weighted by Crippen LogP contribution is 2.34. The number of aromatic nitrogens is 1. The normalized spacial score (nSPS) is 11.5. The van der Waals surface area contributed by atoms with Gasteiger partial charge in [0.2, 0.25) is 0 Å². The van der Waals surface area contributed by atoms with Gasteiger partial charge in [-0.25, -0.2) is 14.6 Å². The summed E-state index contributed by atoms with van der Waals surface area (Å²) in [4.78, 5) is 38.6. The Kier molecular flexibility index (Phi) is 7.53. The molecule has 0 fully saturated rings. The minimum atomic E-state index is -1.04. The number of halogens is 3. The Morgan fingerprint density at radius 3 is 2.46 bits per heavy atom. The van der Waals surface area contributed by atoms with E-state index in [0.717, 1.165) is 0 Å². The van der Waals surface area contributed by atoms with Crippen LogP contribution in [0.1, 0.15) is 30.8 Å². The molecule has 0 aliphatic heterocycles. The molecule has 3 amide bonds. The van der Waals surface area contributed by atoms with E-state index >= 15 is 0 Å². The Morgan fingerprint density at radius 2 is 1.88 bits per heavy atom. The van der Waals surface area contributed by atoms with Gasteiger partial charge in [-0.2, -0.15) is 0 Å². The van der Waals surface area contributed by atoms with Crippen molar-refractivity contribution in [3.8, 4) is 0 Å². The number of rotatable bonds is 5. The molecule has 0 aliphatic rings. The van der Waals surface area contributed by atoms with Gasteiger partial charge in [-0.1, -0.05) is 41.7 Å². The zero-order valence-corrected chi connectivity index (χ0v) is 15.1. The summed E-state index contributed by atoms with van der Waals surface area (Å²) in [7, 11) is 0. The molecule has 4 N–H and O–H groups in total. The van der Waals surface area contributed by atoms with Gasteiger partial charge in [0.05, 0.1) is 10.7 Å². The number of nitrogens with one attached hydrogen (secondary N) is 2. The number of carbonyl (C=O) groups is 3. The Hall–Kier alpha value is -1.77. The lowest BCUT2D eigenvalue weighted by Gasteiger charge is -2.12. The number of nitrogens with zero attached hydrogens (tertiary/aromatic N) is 1. The fourth-order valence-electron chi connectivity index (χ4n) is 1.39. The van der Waals surface area contributed by atoms with Gasteiger partial charge in [-0.15, -0.1) is 0 Å². The summed E-state index contributed by atoms with van der Waals surface area (Å²) in [6, 6.07) is -0.803. The fraction of sp³-hybridized carbons (Fsp3) is 0.385. The van der Waals surface area contributed by atoms with Crippen molar-refractivity contribution in [1.82, 2.24) is 15.6 Å². The molecule has 0 saturated carbocycles. The van der Waals surface area contributed by atoms with E-state index in [1.807, 2.05) is 12.2 Å². The Labute approximate surface area is 153 Å². The molecule has 132 valence electrons. The lowest BCUT2D eigenvalue weighted by molar-refractivity contribution is -0.123. The van der Waals surface area contributed by atoms with Gasteiger partial charge in [0.25, 0.3) is 5.91 Å². The van der Waals surface area contributed by atoms with Crippen LogP contribution in [-0.2, 0) is 9.53 Å². The molecule has 1 aromatic rings. The number of urea groups is 1. The second kappa shape index (κ2) is 8.91. The molecule has 0 saturated heterocycles. The predicted octanol–water partition coefficient (Wildman–Crippen LogP) is 2.41. The SMILES string of the molecule is CC[C@H](C)NC(=O)NC(=O)COC(=O)c1nc(Cl)c(Cl)c(N)c1Cl. The summed E-state index contributed by atoms with van der Waals surface area (Å²) in [5.74, 6) is -1.86. The number of carbonyl (C=O) groups excluding carboxylic acids is 3. The molecule has 24 heavy (non-hydrogen) atoms. The van der Waals surface area contributed by atoms with E-state index < -0.39 is 24.5 Å². The van der Waals surface area contributed by atoms with E-state index in [1.54, 1.807) is 6.92 Å². The maximum absolute atomic E-state index is 11.9. The van der Waals surface area contributed by atoms with Crippen LogP contribution in [0.2, 0.25) is 15.2 Å². The van der Waals surface area contributed by atoms with Gasteiger partial charge >= 0.3 is 12.0 Å². The molecular formula is C13H15Cl3N4O4. The average molecular weight is 398 g/mol. The standard InChI is InChI=1S/C13H15Cl3N4O4/c1-3-5(2)18-13(23)19-6(21)4-24-12(22)10-7(14)9(17)8(15)11(16)20-10/h5H,3-4H2,1-2H3,(H2,17,20)(H2,18,19,21,23)/t5-/m0/s1. The van der Waals surface area contributed by atoms with Gasteiger partial charge in [0, 0.05) is 6.04 Å². The number of ether oxygens (including phenoxy) is 1. The second-order valence-corrected chi connectivity index (χ2v) is 5.81. The molecule has 0 radical (unpaired) electrons. The number of hydrogen-bond donors (Lipinski definition) is 3. The van der Waals surface area contributed by atoms with Gasteiger partial charge < -0.3 is 15.8 Å². The van der Waals surface area contributed by atoms with E-state index in [0.29, 0.717) is 6.42 Å². The van der Waals surface area contributed by atoms with Crippen LogP contribution >= 0.6 is 34.8 Å². The van der Waals surface area contributed by atoms with Gasteiger partial charge in [-0.3, -0.25) is 10.1 Å². The molecule has 0 aliphatic carbocycles. The number of nitrogen functional groups attached to an aromatic ring is 1. The van der Waals surface area contributed by atoms with E-state index in [4.69, 9.17) is 45.3 Å². The first-order valence-corrected chi connectivity index (χ1v) is 7.88. The number of esters is 1. The third-order valence-electron chi connectivity index (χ3n) is 2.84. The lowest BCUT2D eigenvalue weighted by atomic mass is 10.3. The largest absolute Gasteiger partial charge is 0.451 e. The first-order valence-electron chi connectivity index (χ1n) is 6.74. The van der Waals surface area contributed by atoms with Crippen LogP contribution in [0.4, 0.5) is 10.5 Å². The first-order chi connectivity index (χ1) is 11.2. The van der Waals surface area contributed by atoms with Crippen molar-refractivity contribution in [3.05, 3.63) is 20.9 Å². The highest BCUT2D eigenvalue weighted by atomic mass is 35.5. The summed E-state index contributed by atoms with van der Waals surface area (Å²) < 4.78 is 4.72. The molecule has 1 heterocycles. The van der Waals surface area contributed by atoms with Crippen molar-refractivity contribution >= 4 is 58.4 Å². The van der Waals surface area contributed by atoms with Gasteiger partial charge in [0.1, 0.15) is 5.02 Å². The molecule has 0 unspecified atom stereocenters. The van der Waals surface area contributed by atoms with E-state index in [9.17, 15) is 14.4 Å². The average Bonchev–Trinajstić information content (AvgIpc) is 2.53. The van der Waals surface area contributed by atoms with Crippen LogP contribution < -0.4 is 16.4 Å². The summed E-state index contributed by atoms with van der Waals surface area (Å²) >= 11 is 17.3. The Balaban J connectivity index is 2.64. The molecule has 1 atom stereocenters. The van der Waals surface area contributed by atoms with Crippen molar-refractivity contribution in [2.45, 2.75) is 26.3 Å². The number of anilines is 1. The van der Waals surface area contributed by atoms with Crippen LogP contribution in [-0.4, -0.2) is 35.5 Å². The zero-order chi connectivity index (χ0) is 18.4. The Bertz CT molecular complexity index is 669. The molecule has 0 aromatic carbocycles. The topological polar surface area (TPSA) is 123 Å². The molecular weight excluding hydrogens is 383 g/mol. The van der Waals surface area contributed by atoms with Crippen molar-refractivity contribution < 1.29 is 19.1 Å². The van der Waals surface area contributed by atoms with Crippen molar-refractivity contribution in [3.63, 3.8) is 0 Å². The summed E-state index contributed by atoms with van der Waals surface area (Å²) in [6.45, 7) is 2.92. The van der Waals surface area contributed by atoms with Crippen LogP contribution in [0.15, 0.2) is 0 Å². The van der Waals surface area contributed by atoms with Crippen molar-refractivity contribution in [2.75, 3.05) is 12.3 Å². The summed E-state index contributed by atoms with van der Waals surface area (Å²) in [5.41, 5.74) is 5.05. The second-order valence-electron chi connectivity index (χ2n) is 4.70. The first kappa shape index (κ1) is 20.3. The Morgan fingerprint density at radius 1 is 1.25 bits per heavy atom. The quantitative estimate of drug-likeness (QED) is 0.518. The molecule has 11 heteroatoms. The van der Waals surface area contributed by atoms with Crippen molar-refractivity contribution in [2.24, 2.45) is 0 Å². The third kappa shape index (κ3) is 5.40. The van der Waals surface area contributed by atoms with Crippen LogP contribution in [0.3, 0.4) is 0 Å².